The number of benzene rings is 2. The predicted octanol–water partition coefficient (Wildman–Crippen LogP) is 3.64. The second-order valence-corrected chi connectivity index (χ2v) is 4.88. The van der Waals surface area contributed by atoms with E-state index in [1.165, 1.54) is 0 Å². The van der Waals surface area contributed by atoms with Crippen LogP contribution in [0.5, 0.6) is 0 Å². The molecular weight excluding hydrogens is 250 g/mol. The first kappa shape index (κ1) is 13.9. The van der Waals surface area contributed by atoms with E-state index in [1.54, 1.807) is 12.1 Å². The highest BCUT2D eigenvalue weighted by Crippen LogP contribution is 2.33. The highest BCUT2D eigenvalue weighted by Gasteiger charge is 2.07. The third-order valence-corrected chi connectivity index (χ3v) is 3.01. The van der Waals surface area contributed by atoms with Gasteiger partial charge in [-0.3, -0.25) is 0 Å². The fraction of sp³-hybridized carbons (Fsp3) is 0.200. The molecule has 0 bridgehead atoms. The van der Waals surface area contributed by atoms with Crippen molar-refractivity contribution >= 4 is 28.4 Å². The van der Waals surface area contributed by atoms with Gasteiger partial charge < -0.3 is 16.4 Å². The van der Waals surface area contributed by atoms with Gasteiger partial charge in [0.05, 0.1) is 11.4 Å². The average Bonchev–Trinajstić information content (AvgIpc) is 2.41. The molecule has 4 N–H and O–H groups in total. The molecular formula is C15H19N5. The SMILES string of the molecule is Cc1cc(N=Nc2ccc(N)cc2)c(N(C)C)cc1N. The summed E-state index contributed by atoms with van der Waals surface area (Å²) in [7, 11) is 3.90. The van der Waals surface area contributed by atoms with E-state index in [9.17, 15) is 0 Å². The second kappa shape index (κ2) is 5.61. The van der Waals surface area contributed by atoms with E-state index >= 15 is 0 Å². The highest BCUT2D eigenvalue weighted by molar-refractivity contribution is 5.73. The summed E-state index contributed by atoms with van der Waals surface area (Å²) < 4.78 is 0. The van der Waals surface area contributed by atoms with Crippen LogP contribution in [0.2, 0.25) is 0 Å². The summed E-state index contributed by atoms with van der Waals surface area (Å²) in [6.07, 6.45) is 0. The van der Waals surface area contributed by atoms with Gasteiger partial charge in [0.15, 0.2) is 0 Å². The van der Waals surface area contributed by atoms with E-state index < -0.39 is 0 Å². The monoisotopic (exact) mass is 269 g/mol. The molecule has 0 spiro atoms. The summed E-state index contributed by atoms with van der Waals surface area (Å²) in [5.74, 6) is 0. The van der Waals surface area contributed by atoms with E-state index in [2.05, 4.69) is 10.2 Å². The van der Waals surface area contributed by atoms with Gasteiger partial charge in [0.2, 0.25) is 0 Å². The number of hydrogen-bond acceptors (Lipinski definition) is 5. The van der Waals surface area contributed by atoms with Gasteiger partial charge in [0.1, 0.15) is 5.69 Å². The van der Waals surface area contributed by atoms with Crippen molar-refractivity contribution in [2.24, 2.45) is 10.2 Å². The zero-order valence-electron chi connectivity index (χ0n) is 12.0. The Morgan fingerprint density at radius 2 is 1.60 bits per heavy atom. The molecule has 0 aliphatic heterocycles. The zero-order chi connectivity index (χ0) is 14.7. The van der Waals surface area contributed by atoms with Crippen molar-refractivity contribution in [2.75, 3.05) is 30.5 Å². The van der Waals surface area contributed by atoms with Crippen LogP contribution >= 0.6 is 0 Å². The van der Waals surface area contributed by atoms with Crippen LogP contribution in [0.25, 0.3) is 0 Å². The maximum absolute atomic E-state index is 5.94. The summed E-state index contributed by atoms with van der Waals surface area (Å²) in [4.78, 5) is 1.97. The first-order valence-electron chi connectivity index (χ1n) is 6.32. The van der Waals surface area contributed by atoms with Crippen molar-refractivity contribution in [2.45, 2.75) is 6.92 Å². The molecule has 2 aromatic carbocycles. The fourth-order valence-electron chi connectivity index (χ4n) is 1.79. The molecule has 0 aromatic heterocycles. The third-order valence-electron chi connectivity index (χ3n) is 3.01. The van der Waals surface area contributed by atoms with E-state index in [0.29, 0.717) is 5.69 Å². The molecule has 2 rings (SSSR count). The lowest BCUT2D eigenvalue weighted by atomic mass is 10.1. The molecule has 0 unspecified atom stereocenters. The molecule has 0 saturated carbocycles. The molecule has 0 atom stereocenters. The van der Waals surface area contributed by atoms with Crippen molar-refractivity contribution in [3.63, 3.8) is 0 Å². The minimum Gasteiger partial charge on any atom is -0.399 e. The van der Waals surface area contributed by atoms with Crippen LogP contribution < -0.4 is 16.4 Å². The van der Waals surface area contributed by atoms with Gasteiger partial charge in [-0.15, -0.1) is 5.11 Å². The lowest BCUT2D eigenvalue weighted by molar-refractivity contribution is 1.11. The lowest BCUT2D eigenvalue weighted by Gasteiger charge is -2.16. The van der Waals surface area contributed by atoms with Gasteiger partial charge in [-0.05, 0) is 48.9 Å². The van der Waals surface area contributed by atoms with Crippen molar-refractivity contribution < 1.29 is 0 Å². The number of nitrogens with two attached hydrogens (primary N) is 2. The highest BCUT2D eigenvalue weighted by atomic mass is 15.1. The topological polar surface area (TPSA) is 80.0 Å². The van der Waals surface area contributed by atoms with E-state index in [-0.39, 0.29) is 0 Å². The van der Waals surface area contributed by atoms with Crippen LogP contribution in [0.1, 0.15) is 5.56 Å². The Morgan fingerprint density at radius 3 is 2.20 bits per heavy atom. The molecule has 0 amide bonds. The number of anilines is 3. The average molecular weight is 269 g/mol. The maximum Gasteiger partial charge on any atom is 0.109 e. The molecule has 0 aliphatic carbocycles. The molecule has 5 heteroatoms. The molecule has 0 radical (unpaired) electrons. The number of nitrogen functional groups attached to an aromatic ring is 2. The molecule has 20 heavy (non-hydrogen) atoms. The number of nitrogens with zero attached hydrogens (tertiary/aromatic N) is 3. The Bertz CT molecular complexity index is 629. The van der Waals surface area contributed by atoms with E-state index in [4.69, 9.17) is 11.5 Å². The van der Waals surface area contributed by atoms with Gasteiger partial charge >= 0.3 is 0 Å². The number of hydrogen-bond donors (Lipinski definition) is 2. The van der Waals surface area contributed by atoms with Crippen molar-refractivity contribution in [1.29, 1.82) is 0 Å². The Hall–Kier alpha value is -2.56. The van der Waals surface area contributed by atoms with Crippen LogP contribution in [0.15, 0.2) is 46.6 Å². The lowest BCUT2D eigenvalue weighted by Crippen LogP contribution is -2.09. The smallest absolute Gasteiger partial charge is 0.109 e. The van der Waals surface area contributed by atoms with Gasteiger partial charge in [0.25, 0.3) is 0 Å². The number of aryl methyl sites for hydroxylation is 1. The van der Waals surface area contributed by atoms with Crippen LogP contribution in [0.3, 0.4) is 0 Å². The fourth-order valence-corrected chi connectivity index (χ4v) is 1.79. The Balaban J connectivity index is 2.37. The second-order valence-electron chi connectivity index (χ2n) is 4.88. The summed E-state index contributed by atoms with van der Waals surface area (Å²) in [6, 6.07) is 11.1. The molecule has 0 heterocycles. The largest absolute Gasteiger partial charge is 0.399 e. The Morgan fingerprint density at radius 1 is 0.950 bits per heavy atom. The normalized spacial score (nSPS) is 10.9. The van der Waals surface area contributed by atoms with Gasteiger partial charge in [0, 0.05) is 25.5 Å². The van der Waals surface area contributed by atoms with Crippen molar-refractivity contribution in [3.05, 3.63) is 42.0 Å². The standard InChI is InChI=1S/C15H19N5/c1-10-8-14(15(20(2)3)9-13(10)17)19-18-12-6-4-11(16)5-7-12/h4-9H,16-17H2,1-3H3. The van der Waals surface area contributed by atoms with Gasteiger partial charge in [-0.2, -0.15) is 5.11 Å². The van der Waals surface area contributed by atoms with Gasteiger partial charge in [-0.25, -0.2) is 0 Å². The summed E-state index contributed by atoms with van der Waals surface area (Å²) in [5, 5.41) is 8.55. The number of rotatable bonds is 3. The molecule has 0 saturated heterocycles. The molecule has 5 nitrogen and oxygen atoms in total. The Kier molecular flexibility index (Phi) is 3.89. The van der Waals surface area contributed by atoms with Crippen molar-refractivity contribution in [1.82, 2.24) is 0 Å². The Labute approximate surface area is 118 Å². The van der Waals surface area contributed by atoms with Crippen LogP contribution in [0, 0.1) is 6.92 Å². The third kappa shape index (κ3) is 3.06. The van der Waals surface area contributed by atoms with E-state index in [1.807, 2.05) is 50.2 Å². The van der Waals surface area contributed by atoms with Crippen LogP contribution in [-0.2, 0) is 0 Å². The number of azo groups is 1. The minimum absolute atomic E-state index is 0.709. The molecule has 2 aromatic rings. The summed E-state index contributed by atoms with van der Waals surface area (Å²) in [5.41, 5.74) is 16.5. The minimum atomic E-state index is 0.709. The quantitative estimate of drug-likeness (QED) is 0.659. The molecule has 0 aliphatic rings. The van der Waals surface area contributed by atoms with Crippen LogP contribution in [0.4, 0.5) is 28.4 Å². The summed E-state index contributed by atoms with van der Waals surface area (Å²) in [6.45, 7) is 1.96. The van der Waals surface area contributed by atoms with Crippen LogP contribution in [-0.4, -0.2) is 14.1 Å². The predicted molar refractivity (Wildman–Crippen MR) is 84.9 cm³/mol. The first-order chi connectivity index (χ1) is 9.47. The van der Waals surface area contributed by atoms with Gasteiger partial charge in [-0.1, -0.05) is 0 Å². The molecule has 0 fully saturated rings. The first-order valence-corrected chi connectivity index (χ1v) is 6.32. The van der Waals surface area contributed by atoms with Crippen molar-refractivity contribution in [3.8, 4) is 0 Å². The molecule has 104 valence electrons. The zero-order valence-corrected chi connectivity index (χ0v) is 12.0. The summed E-state index contributed by atoms with van der Waals surface area (Å²) >= 11 is 0. The van der Waals surface area contributed by atoms with E-state index in [0.717, 1.165) is 28.3 Å². The maximum atomic E-state index is 5.94.